The van der Waals surface area contributed by atoms with Crippen molar-refractivity contribution >= 4 is 28.0 Å². The van der Waals surface area contributed by atoms with Crippen LogP contribution < -0.4 is 5.73 Å². The second-order valence-electron chi connectivity index (χ2n) is 5.91. The lowest BCUT2D eigenvalue weighted by molar-refractivity contribution is -0.186. The molecule has 1 aliphatic rings. The molecule has 1 aromatic carbocycles. The summed E-state index contributed by atoms with van der Waals surface area (Å²) in [6.07, 6.45) is -4.72. The van der Waals surface area contributed by atoms with Crippen molar-refractivity contribution in [3.05, 3.63) is 51.4 Å². The normalized spacial score (nSPS) is 14.3. The van der Waals surface area contributed by atoms with Gasteiger partial charge < -0.3 is 10.6 Å². The number of benzene rings is 1. The van der Waals surface area contributed by atoms with E-state index < -0.39 is 12.1 Å². The van der Waals surface area contributed by atoms with Crippen molar-refractivity contribution in [3.63, 3.8) is 0 Å². The van der Waals surface area contributed by atoms with Gasteiger partial charge >= 0.3 is 12.1 Å². The molecular formula is C17H15F3N2O2S. The number of hydrogen-bond donors (Lipinski definition) is 1. The number of fused-ring (bicyclic) bond motifs is 1. The minimum absolute atomic E-state index is 0.0876. The molecule has 0 fully saturated rings. The number of hydrogen-bond acceptors (Lipinski definition) is 4. The Morgan fingerprint density at radius 2 is 1.84 bits per heavy atom. The van der Waals surface area contributed by atoms with Crippen LogP contribution in [-0.2, 0) is 17.8 Å². The van der Waals surface area contributed by atoms with Gasteiger partial charge in [0.05, 0.1) is 17.1 Å². The van der Waals surface area contributed by atoms with E-state index in [1.165, 1.54) is 0 Å². The third-order valence-electron chi connectivity index (χ3n) is 4.15. The predicted molar refractivity (Wildman–Crippen MR) is 88.5 cm³/mol. The zero-order valence-electron chi connectivity index (χ0n) is 13.3. The highest BCUT2D eigenvalue weighted by Crippen LogP contribution is 2.37. The van der Waals surface area contributed by atoms with E-state index in [-0.39, 0.29) is 30.3 Å². The molecule has 0 saturated carbocycles. The summed E-state index contributed by atoms with van der Waals surface area (Å²) >= 11 is 1.07. The van der Waals surface area contributed by atoms with Crippen LogP contribution in [0.4, 0.5) is 18.2 Å². The van der Waals surface area contributed by atoms with Gasteiger partial charge in [-0.15, -0.1) is 11.3 Å². The zero-order valence-corrected chi connectivity index (χ0v) is 14.1. The van der Waals surface area contributed by atoms with Crippen molar-refractivity contribution in [2.75, 3.05) is 12.3 Å². The summed E-state index contributed by atoms with van der Waals surface area (Å²) in [5.74, 6) is -2.11. The van der Waals surface area contributed by atoms with E-state index in [1.807, 2.05) is 19.1 Å². The highest BCUT2D eigenvalue weighted by atomic mass is 32.1. The summed E-state index contributed by atoms with van der Waals surface area (Å²) in [6.45, 7) is 1.64. The first-order valence-corrected chi connectivity index (χ1v) is 8.37. The molecule has 0 saturated heterocycles. The van der Waals surface area contributed by atoms with Gasteiger partial charge in [-0.3, -0.25) is 9.59 Å². The number of alkyl halides is 3. The second-order valence-corrected chi connectivity index (χ2v) is 7.05. The molecule has 0 atom stereocenters. The van der Waals surface area contributed by atoms with Crippen LogP contribution in [0.3, 0.4) is 0 Å². The van der Waals surface area contributed by atoms with E-state index in [0.29, 0.717) is 21.6 Å². The molecule has 25 heavy (non-hydrogen) atoms. The molecule has 0 aliphatic carbocycles. The topological polar surface area (TPSA) is 63.4 Å². The third kappa shape index (κ3) is 3.26. The average molecular weight is 368 g/mol. The van der Waals surface area contributed by atoms with Crippen LogP contribution in [0.2, 0.25) is 0 Å². The van der Waals surface area contributed by atoms with E-state index >= 15 is 0 Å². The Morgan fingerprint density at radius 3 is 2.44 bits per heavy atom. The van der Waals surface area contributed by atoms with Crippen LogP contribution >= 0.6 is 11.3 Å². The Hall–Kier alpha value is -2.35. The van der Waals surface area contributed by atoms with E-state index in [1.54, 1.807) is 12.1 Å². The lowest BCUT2D eigenvalue weighted by Crippen LogP contribution is -2.43. The van der Waals surface area contributed by atoms with Gasteiger partial charge in [0.25, 0.3) is 0 Å². The summed E-state index contributed by atoms with van der Waals surface area (Å²) in [4.78, 5) is 25.5. The molecule has 1 amide bonds. The van der Waals surface area contributed by atoms with Crippen molar-refractivity contribution in [2.45, 2.75) is 26.1 Å². The van der Waals surface area contributed by atoms with Crippen LogP contribution in [0.25, 0.3) is 0 Å². The number of rotatable bonds is 2. The van der Waals surface area contributed by atoms with Gasteiger partial charge in [-0.25, -0.2) is 0 Å². The molecule has 2 aromatic rings. The fourth-order valence-corrected chi connectivity index (χ4v) is 4.01. The van der Waals surface area contributed by atoms with Crippen LogP contribution in [-0.4, -0.2) is 29.3 Å². The number of aryl methyl sites for hydroxylation is 1. The maximum atomic E-state index is 12.8. The van der Waals surface area contributed by atoms with Gasteiger partial charge in [0.2, 0.25) is 0 Å². The summed E-state index contributed by atoms with van der Waals surface area (Å²) < 4.78 is 37.8. The van der Waals surface area contributed by atoms with Gasteiger partial charge in [0.1, 0.15) is 0 Å². The average Bonchev–Trinajstić information content (AvgIpc) is 2.88. The van der Waals surface area contributed by atoms with E-state index in [9.17, 15) is 22.8 Å². The number of carbonyl (C=O) groups excluding carboxylic acids is 2. The first-order chi connectivity index (χ1) is 11.7. The molecule has 1 aromatic heterocycles. The number of halogens is 3. The van der Waals surface area contributed by atoms with Crippen molar-refractivity contribution in [1.82, 2.24) is 4.90 Å². The first kappa shape index (κ1) is 17.5. The zero-order chi connectivity index (χ0) is 18.4. The lowest BCUT2D eigenvalue weighted by Gasteiger charge is -2.27. The molecule has 0 radical (unpaired) electrons. The smallest absolute Gasteiger partial charge is 0.390 e. The Bertz CT molecular complexity index is 841. The maximum Gasteiger partial charge on any atom is 0.471 e. The van der Waals surface area contributed by atoms with Gasteiger partial charge in [-0.2, -0.15) is 13.2 Å². The SMILES string of the molecule is Cc1ccc(C(=O)c2c(N)sc3c2CCN(C(=O)C(F)(F)F)C3)cc1. The molecule has 2 heterocycles. The Kier molecular flexibility index (Phi) is 4.32. The molecule has 3 rings (SSSR count). The number of ketones is 1. The van der Waals surface area contributed by atoms with Crippen LogP contribution in [0.1, 0.15) is 31.9 Å². The molecule has 8 heteroatoms. The van der Waals surface area contributed by atoms with Gasteiger partial charge in [-0.05, 0) is 18.9 Å². The van der Waals surface area contributed by atoms with Crippen LogP contribution in [0.15, 0.2) is 24.3 Å². The summed E-state index contributed by atoms with van der Waals surface area (Å²) in [6, 6.07) is 7.02. The Labute approximate surface area is 146 Å². The number of nitrogens with two attached hydrogens (primary N) is 1. The molecule has 132 valence electrons. The monoisotopic (exact) mass is 368 g/mol. The van der Waals surface area contributed by atoms with E-state index in [2.05, 4.69) is 0 Å². The van der Waals surface area contributed by atoms with Gasteiger partial charge in [0.15, 0.2) is 5.78 Å². The fourth-order valence-electron chi connectivity index (χ4n) is 2.88. The summed E-state index contributed by atoms with van der Waals surface area (Å²) in [7, 11) is 0. The quantitative estimate of drug-likeness (QED) is 0.827. The van der Waals surface area contributed by atoms with Gasteiger partial charge in [-0.1, -0.05) is 29.8 Å². The number of amides is 1. The molecule has 2 N–H and O–H groups in total. The Balaban J connectivity index is 1.91. The van der Waals surface area contributed by atoms with Crippen LogP contribution in [0, 0.1) is 6.92 Å². The number of carbonyl (C=O) groups is 2. The minimum atomic E-state index is -4.90. The third-order valence-corrected chi connectivity index (χ3v) is 5.20. The molecule has 1 aliphatic heterocycles. The van der Waals surface area contributed by atoms with E-state index in [0.717, 1.165) is 21.8 Å². The van der Waals surface area contributed by atoms with Crippen LogP contribution in [0.5, 0.6) is 0 Å². The second kappa shape index (κ2) is 6.18. The first-order valence-electron chi connectivity index (χ1n) is 7.56. The highest BCUT2D eigenvalue weighted by molar-refractivity contribution is 7.16. The summed E-state index contributed by atoms with van der Waals surface area (Å²) in [5.41, 5.74) is 8.46. The molecule has 0 spiro atoms. The van der Waals surface area contributed by atoms with E-state index in [4.69, 9.17) is 5.73 Å². The summed E-state index contributed by atoms with van der Waals surface area (Å²) in [5, 5.41) is 0.275. The Morgan fingerprint density at radius 1 is 1.20 bits per heavy atom. The number of nitrogens with zero attached hydrogens (tertiary/aromatic N) is 1. The fraction of sp³-hybridized carbons (Fsp3) is 0.294. The number of nitrogen functional groups attached to an aromatic ring is 1. The largest absolute Gasteiger partial charge is 0.471 e. The minimum Gasteiger partial charge on any atom is -0.390 e. The standard InChI is InChI=1S/C17H15F3N2O2S/c1-9-2-4-10(5-3-9)14(23)13-11-6-7-22(16(24)17(18,19)20)8-12(11)25-15(13)21/h2-5H,6-8,21H2,1H3. The maximum absolute atomic E-state index is 12.8. The van der Waals surface area contributed by atoms with Gasteiger partial charge in [0, 0.05) is 17.0 Å². The number of thiophene rings is 1. The molecule has 0 bridgehead atoms. The van der Waals surface area contributed by atoms with Crippen molar-refractivity contribution in [2.24, 2.45) is 0 Å². The molecular weight excluding hydrogens is 353 g/mol. The van der Waals surface area contributed by atoms with Crippen molar-refractivity contribution in [3.8, 4) is 0 Å². The predicted octanol–water partition coefficient (Wildman–Crippen LogP) is 3.32. The molecule has 0 unspecified atom stereocenters. The van der Waals surface area contributed by atoms with Crippen molar-refractivity contribution in [1.29, 1.82) is 0 Å². The van der Waals surface area contributed by atoms with Crippen molar-refractivity contribution < 1.29 is 22.8 Å². The lowest BCUT2D eigenvalue weighted by atomic mass is 9.96. The highest BCUT2D eigenvalue weighted by Gasteiger charge is 2.43. The molecule has 4 nitrogen and oxygen atoms in total. The number of anilines is 1.